The van der Waals surface area contributed by atoms with E-state index in [2.05, 4.69) is 15.5 Å². The zero-order valence-electron chi connectivity index (χ0n) is 14.6. The second-order valence-electron chi connectivity index (χ2n) is 6.24. The summed E-state index contributed by atoms with van der Waals surface area (Å²) in [5.74, 6) is 0.00146. The molecule has 1 amide bonds. The quantitative estimate of drug-likeness (QED) is 0.709. The number of hydrogen-bond donors (Lipinski definition) is 0. The topological polar surface area (TPSA) is 73.1 Å². The Kier molecular flexibility index (Phi) is 4.52. The molecule has 1 fully saturated rings. The summed E-state index contributed by atoms with van der Waals surface area (Å²) >= 11 is 1.53. The Morgan fingerprint density at radius 1 is 1.27 bits per heavy atom. The number of carbonyl (C=O) groups excluding carboxylic acids is 1. The van der Waals surface area contributed by atoms with Gasteiger partial charge in [-0.2, -0.15) is 4.68 Å². The minimum Gasteiger partial charge on any atom is -0.370 e. The van der Waals surface area contributed by atoms with Crippen LogP contribution in [0.15, 0.2) is 36.7 Å². The van der Waals surface area contributed by atoms with Crippen LogP contribution in [0.5, 0.6) is 0 Å². The fourth-order valence-electron chi connectivity index (χ4n) is 3.14. The molecule has 1 aliphatic heterocycles. The summed E-state index contributed by atoms with van der Waals surface area (Å²) in [5, 5.41) is 12.1. The van der Waals surface area contributed by atoms with Gasteiger partial charge in [0.15, 0.2) is 0 Å². The Labute approximate surface area is 155 Å². The number of rotatable bonds is 3. The average molecular weight is 369 g/mol. The van der Waals surface area contributed by atoms with Crippen molar-refractivity contribution in [3.63, 3.8) is 0 Å². The first-order valence-corrected chi connectivity index (χ1v) is 9.26. The van der Waals surface area contributed by atoms with Gasteiger partial charge in [0.1, 0.15) is 17.4 Å². The zero-order valence-corrected chi connectivity index (χ0v) is 15.4. The van der Waals surface area contributed by atoms with Gasteiger partial charge < -0.3 is 9.64 Å². The lowest BCUT2D eigenvalue weighted by Crippen LogP contribution is -2.42. The molecule has 2 aromatic heterocycles. The summed E-state index contributed by atoms with van der Waals surface area (Å²) in [6.07, 6.45) is 1.42. The summed E-state index contributed by atoms with van der Waals surface area (Å²) < 4.78 is 7.45. The van der Waals surface area contributed by atoms with Gasteiger partial charge in [-0.05, 0) is 35.4 Å². The third kappa shape index (κ3) is 3.02. The number of amides is 1. The van der Waals surface area contributed by atoms with Crippen molar-refractivity contribution >= 4 is 17.2 Å². The van der Waals surface area contributed by atoms with Gasteiger partial charge in [-0.15, -0.1) is 16.4 Å². The highest BCUT2D eigenvalue weighted by atomic mass is 32.1. The van der Waals surface area contributed by atoms with E-state index in [-0.39, 0.29) is 12.0 Å². The van der Waals surface area contributed by atoms with Gasteiger partial charge in [0, 0.05) is 11.4 Å². The lowest BCUT2D eigenvalue weighted by atomic mass is 10.1. The van der Waals surface area contributed by atoms with Crippen LogP contribution in [0.3, 0.4) is 0 Å². The van der Waals surface area contributed by atoms with Crippen molar-refractivity contribution in [1.82, 2.24) is 25.1 Å². The minimum atomic E-state index is -0.106. The third-order valence-electron chi connectivity index (χ3n) is 4.66. The summed E-state index contributed by atoms with van der Waals surface area (Å²) in [5.41, 5.74) is 2.74. The highest BCUT2D eigenvalue weighted by molar-refractivity contribution is 7.15. The first-order chi connectivity index (χ1) is 12.6. The van der Waals surface area contributed by atoms with E-state index >= 15 is 0 Å². The fourth-order valence-corrected chi connectivity index (χ4v) is 4.20. The predicted molar refractivity (Wildman–Crippen MR) is 97.5 cm³/mol. The number of aryl methyl sites for hydroxylation is 1. The number of nitrogens with zero attached hydrogens (tertiary/aromatic N) is 5. The maximum absolute atomic E-state index is 13.3. The van der Waals surface area contributed by atoms with Crippen LogP contribution in [0.4, 0.5) is 0 Å². The van der Waals surface area contributed by atoms with E-state index in [0.717, 1.165) is 21.0 Å². The van der Waals surface area contributed by atoms with Crippen molar-refractivity contribution in [1.29, 1.82) is 0 Å². The van der Waals surface area contributed by atoms with Crippen LogP contribution >= 0.6 is 11.3 Å². The van der Waals surface area contributed by atoms with Crippen molar-refractivity contribution in [2.24, 2.45) is 0 Å². The molecule has 134 valence electrons. The van der Waals surface area contributed by atoms with E-state index < -0.39 is 0 Å². The van der Waals surface area contributed by atoms with Crippen LogP contribution in [0, 0.1) is 13.8 Å². The minimum absolute atomic E-state index is 0.00146. The fraction of sp³-hybridized carbons (Fsp3) is 0.333. The van der Waals surface area contributed by atoms with E-state index in [0.29, 0.717) is 25.3 Å². The molecule has 0 saturated carbocycles. The molecule has 1 saturated heterocycles. The lowest BCUT2D eigenvalue weighted by molar-refractivity contribution is -0.0228. The highest BCUT2D eigenvalue weighted by Crippen LogP contribution is 2.32. The summed E-state index contributed by atoms with van der Waals surface area (Å²) in [7, 11) is 0. The molecule has 7 nitrogen and oxygen atoms in total. The van der Waals surface area contributed by atoms with Crippen LogP contribution < -0.4 is 0 Å². The van der Waals surface area contributed by atoms with Crippen molar-refractivity contribution in [3.8, 4) is 5.00 Å². The van der Waals surface area contributed by atoms with E-state index in [1.54, 1.807) is 4.68 Å². The lowest BCUT2D eigenvalue weighted by Gasteiger charge is -2.33. The van der Waals surface area contributed by atoms with Gasteiger partial charge in [0.25, 0.3) is 5.91 Å². The second kappa shape index (κ2) is 6.97. The van der Waals surface area contributed by atoms with Gasteiger partial charge in [0.05, 0.1) is 18.7 Å². The zero-order chi connectivity index (χ0) is 18.1. The van der Waals surface area contributed by atoms with Crippen molar-refractivity contribution in [2.75, 3.05) is 19.7 Å². The van der Waals surface area contributed by atoms with Crippen LogP contribution in [0.2, 0.25) is 0 Å². The molecule has 0 unspecified atom stereocenters. The molecule has 0 bridgehead atoms. The highest BCUT2D eigenvalue weighted by Gasteiger charge is 2.30. The Hall–Kier alpha value is -2.58. The van der Waals surface area contributed by atoms with Crippen LogP contribution in [0.25, 0.3) is 5.00 Å². The Balaban J connectivity index is 1.64. The summed E-state index contributed by atoms with van der Waals surface area (Å²) in [6.45, 7) is 5.62. The van der Waals surface area contributed by atoms with Gasteiger partial charge in [0.2, 0.25) is 0 Å². The van der Waals surface area contributed by atoms with Crippen LogP contribution in [0.1, 0.15) is 32.5 Å². The number of carbonyl (C=O) groups is 1. The smallest absolute Gasteiger partial charge is 0.257 e. The monoisotopic (exact) mass is 369 g/mol. The molecule has 1 aliphatic rings. The predicted octanol–water partition coefficient (Wildman–Crippen LogP) is 2.55. The van der Waals surface area contributed by atoms with Crippen LogP contribution in [-0.2, 0) is 4.74 Å². The normalized spacial score (nSPS) is 17.5. The molecular weight excluding hydrogens is 350 g/mol. The largest absolute Gasteiger partial charge is 0.370 e. The Morgan fingerprint density at radius 3 is 2.81 bits per heavy atom. The SMILES string of the molecule is Cc1sc(-n2cnnn2)c(C(=O)N2CCO[C@@H](c3ccccc3)C2)c1C. The van der Waals surface area contributed by atoms with E-state index in [4.69, 9.17) is 4.74 Å². The molecule has 1 aromatic carbocycles. The molecule has 3 heterocycles. The molecule has 8 heteroatoms. The maximum Gasteiger partial charge on any atom is 0.257 e. The molecule has 0 N–H and O–H groups in total. The third-order valence-corrected chi connectivity index (χ3v) is 5.86. The van der Waals surface area contributed by atoms with Crippen molar-refractivity contribution in [2.45, 2.75) is 20.0 Å². The molecule has 0 aliphatic carbocycles. The Morgan fingerprint density at radius 2 is 2.08 bits per heavy atom. The van der Waals surface area contributed by atoms with E-state index in [1.807, 2.05) is 49.1 Å². The number of thiophene rings is 1. The van der Waals surface area contributed by atoms with Crippen molar-refractivity contribution < 1.29 is 9.53 Å². The first kappa shape index (κ1) is 16.9. The molecule has 0 radical (unpaired) electrons. The molecule has 26 heavy (non-hydrogen) atoms. The summed E-state index contributed by atoms with van der Waals surface area (Å²) in [6, 6.07) is 10.0. The number of hydrogen-bond acceptors (Lipinski definition) is 6. The number of ether oxygens (including phenoxy) is 1. The molecule has 4 rings (SSSR count). The second-order valence-corrected chi connectivity index (χ2v) is 7.44. The molecule has 1 atom stereocenters. The number of morpholine rings is 1. The number of aromatic nitrogens is 4. The number of benzene rings is 1. The van der Waals surface area contributed by atoms with E-state index in [1.165, 1.54) is 17.7 Å². The first-order valence-electron chi connectivity index (χ1n) is 8.44. The van der Waals surface area contributed by atoms with Gasteiger partial charge >= 0.3 is 0 Å². The molecule has 0 spiro atoms. The van der Waals surface area contributed by atoms with Gasteiger partial charge in [-0.25, -0.2) is 0 Å². The van der Waals surface area contributed by atoms with Crippen molar-refractivity contribution in [3.05, 3.63) is 58.2 Å². The maximum atomic E-state index is 13.3. The number of tetrazole rings is 1. The van der Waals surface area contributed by atoms with Gasteiger partial charge in [-0.3, -0.25) is 4.79 Å². The molecular formula is C18H19N5O2S. The standard InChI is InChI=1S/C18H19N5O2S/c1-12-13(2)26-18(23-11-19-20-21-23)16(12)17(24)22-8-9-25-15(10-22)14-6-4-3-5-7-14/h3-7,11,15H,8-10H2,1-2H3/t15-/m1/s1. The van der Waals surface area contributed by atoms with Crippen LogP contribution in [-0.4, -0.2) is 50.7 Å². The average Bonchev–Trinajstić information content (AvgIpc) is 3.31. The summed E-state index contributed by atoms with van der Waals surface area (Å²) in [4.78, 5) is 16.3. The van der Waals surface area contributed by atoms with Gasteiger partial charge in [-0.1, -0.05) is 30.3 Å². The van der Waals surface area contributed by atoms with E-state index in [9.17, 15) is 4.79 Å². The molecule has 3 aromatic rings. The Bertz CT molecular complexity index is 907.